The Morgan fingerprint density at radius 2 is 1.80 bits per heavy atom. The van der Waals surface area contributed by atoms with Crippen molar-refractivity contribution in [3.05, 3.63) is 58.7 Å². The molecule has 0 aromatic heterocycles. The molecule has 1 atom stereocenters. The Morgan fingerprint density at radius 3 is 2.34 bits per heavy atom. The summed E-state index contributed by atoms with van der Waals surface area (Å²) in [6, 6.07) is 10.9. The molecule has 8 heteroatoms. The normalized spacial score (nSPS) is 12.2. The highest BCUT2D eigenvalue weighted by Gasteiger charge is 2.43. The van der Waals surface area contributed by atoms with E-state index in [1.54, 1.807) is 24.0 Å². The molecule has 35 heavy (non-hydrogen) atoms. The maximum atomic E-state index is 13.3. The van der Waals surface area contributed by atoms with Gasteiger partial charge < -0.3 is 26.4 Å². The molecule has 2 rings (SSSR count). The Labute approximate surface area is 207 Å². The second-order valence-corrected chi connectivity index (χ2v) is 8.79. The van der Waals surface area contributed by atoms with Crippen molar-refractivity contribution in [2.75, 3.05) is 23.4 Å². The molecule has 0 aliphatic heterocycles. The van der Waals surface area contributed by atoms with Gasteiger partial charge in [-0.05, 0) is 89.1 Å². The molecule has 6 N–H and O–H groups in total. The van der Waals surface area contributed by atoms with Crippen molar-refractivity contribution in [2.24, 2.45) is 11.5 Å². The first kappa shape index (κ1) is 27.4. The number of nitrogen functional groups attached to an aromatic ring is 1. The predicted molar refractivity (Wildman–Crippen MR) is 141 cm³/mol. The molecule has 0 saturated heterocycles. The zero-order valence-corrected chi connectivity index (χ0v) is 21.3. The minimum atomic E-state index is -1.80. The fraction of sp³-hybridized carbons (Fsp3) is 0.370. The lowest BCUT2D eigenvalue weighted by atomic mass is 9.97. The van der Waals surface area contributed by atoms with Crippen LogP contribution in [0.15, 0.2) is 36.4 Å². The van der Waals surface area contributed by atoms with Gasteiger partial charge in [0, 0.05) is 28.5 Å². The number of ether oxygens (including phenoxy) is 1. The number of hydrogen-bond donors (Lipinski definition) is 4. The number of esters is 1. The van der Waals surface area contributed by atoms with Crippen LogP contribution in [0.25, 0.3) is 0 Å². The van der Waals surface area contributed by atoms with Gasteiger partial charge in [0.1, 0.15) is 5.84 Å². The number of amidine groups is 1. The van der Waals surface area contributed by atoms with Crippen LogP contribution in [-0.2, 0) is 14.3 Å². The van der Waals surface area contributed by atoms with Gasteiger partial charge in [0.2, 0.25) is 0 Å². The van der Waals surface area contributed by atoms with Crippen molar-refractivity contribution in [3.63, 3.8) is 0 Å². The highest BCUT2D eigenvalue weighted by atomic mass is 16.5. The maximum Gasteiger partial charge on any atom is 0.335 e. The number of hydrogen-bond acceptors (Lipinski definition) is 6. The highest BCUT2D eigenvalue weighted by Crippen LogP contribution is 2.28. The minimum absolute atomic E-state index is 0.0281. The summed E-state index contributed by atoms with van der Waals surface area (Å²) >= 11 is 0. The van der Waals surface area contributed by atoms with Crippen LogP contribution in [0.1, 0.15) is 49.9 Å². The van der Waals surface area contributed by atoms with E-state index in [0.29, 0.717) is 17.8 Å². The Bertz CT molecular complexity index is 1160. The summed E-state index contributed by atoms with van der Waals surface area (Å²) in [5.41, 5.74) is 14.6. The van der Waals surface area contributed by atoms with Crippen molar-refractivity contribution in [3.8, 4) is 11.8 Å². The van der Waals surface area contributed by atoms with E-state index < -0.39 is 17.4 Å². The molecule has 0 spiro atoms. The lowest BCUT2D eigenvalue weighted by Gasteiger charge is -2.34. The molecule has 1 amide bonds. The quantitative estimate of drug-likeness (QED) is 0.152. The molecule has 0 aliphatic carbocycles. The number of amides is 1. The van der Waals surface area contributed by atoms with E-state index >= 15 is 0 Å². The minimum Gasteiger partial charge on any atom is -0.464 e. The smallest absolute Gasteiger partial charge is 0.335 e. The molecule has 0 fully saturated rings. The molecule has 2 aromatic carbocycles. The van der Waals surface area contributed by atoms with Gasteiger partial charge in [0.15, 0.2) is 5.54 Å². The van der Waals surface area contributed by atoms with Crippen LogP contribution in [0.2, 0.25) is 0 Å². The molecular weight excluding hydrogens is 442 g/mol. The summed E-state index contributed by atoms with van der Waals surface area (Å²) in [6.45, 7) is 11.2. The van der Waals surface area contributed by atoms with E-state index in [2.05, 4.69) is 17.2 Å². The number of benzene rings is 2. The van der Waals surface area contributed by atoms with Gasteiger partial charge in [-0.3, -0.25) is 10.2 Å². The van der Waals surface area contributed by atoms with Gasteiger partial charge in [0.25, 0.3) is 5.91 Å². The monoisotopic (exact) mass is 477 g/mol. The fourth-order valence-electron chi connectivity index (χ4n) is 3.49. The topological polar surface area (TPSA) is 135 Å². The molecule has 0 aliphatic rings. The summed E-state index contributed by atoms with van der Waals surface area (Å²) in [5, 5.41) is 10.7. The van der Waals surface area contributed by atoms with Crippen molar-refractivity contribution in [2.45, 2.75) is 53.1 Å². The third-order valence-corrected chi connectivity index (χ3v) is 5.48. The summed E-state index contributed by atoms with van der Waals surface area (Å²) in [7, 11) is 0. The summed E-state index contributed by atoms with van der Waals surface area (Å²) < 4.78 is 5.02. The largest absolute Gasteiger partial charge is 0.464 e. The Hall–Kier alpha value is -3.83. The van der Waals surface area contributed by atoms with Crippen LogP contribution in [-0.4, -0.2) is 42.4 Å². The van der Waals surface area contributed by atoms with Crippen LogP contribution < -0.4 is 21.7 Å². The first-order valence-corrected chi connectivity index (χ1v) is 11.5. The molecule has 1 unspecified atom stereocenters. The predicted octanol–water partition coefficient (Wildman–Crippen LogP) is 3.07. The molecular formula is C27H35N5O3. The van der Waals surface area contributed by atoms with Gasteiger partial charge in [-0.1, -0.05) is 11.8 Å². The van der Waals surface area contributed by atoms with Crippen molar-refractivity contribution < 1.29 is 14.3 Å². The molecule has 8 nitrogen and oxygen atoms in total. The van der Waals surface area contributed by atoms with Gasteiger partial charge in [-0.2, -0.15) is 0 Å². The molecule has 2 aromatic rings. The van der Waals surface area contributed by atoms with E-state index in [9.17, 15) is 9.59 Å². The van der Waals surface area contributed by atoms with E-state index in [4.69, 9.17) is 21.6 Å². The third-order valence-electron chi connectivity index (χ3n) is 5.48. The van der Waals surface area contributed by atoms with Crippen molar-refractivity contribution in [1.29, 1.82) is 5.41 Å². The number of carbonyl (C=O) groups excluding carboxylic acids is 2. The van der Waals surface area contributed by atoms with Gasteiger partial charge in [-0.15, -0.1) is 0 Å². The van der Waals surface area contributed by atoms with E-state index in [0.717, 1.165) is 22.4 Å². The van der Waals surface area contributed by atoms with Crippen molar-refractivity contribution >= 4 is 29.1 Å². The number of rotatable bonds is 8. The Balaban J connectivity index is 2.24. The van der Waals surface area contributed by atoms with E-state index in [1.807, 2.05) is 52.0 Å². The van der Waals surface area contributed by atoms with Crippen molar-refractivity contribution in [1.82, 2.24) is 0 Å². The molecule has 0 saturated carbocycles. The van der Waals surface area contributed by atoms with Crippen LogP contribution in [0.4, 0.5) is 11.4 Å². The first-order valence-electron chi connectivity index (χ1n) is 11.5. The van der Waals surface area contributed by atoms with Gasteiger partial charge in [0.05, 0.1) is 13.2 Å². The van der Waals surface area contributed by atoms with Crippen LogP contribution in [0.5, 0.6) is 0 Å². The Morgan fingerprint density at radius 1 is 1.17 bits per heavy atom. The standard InChI is InChI=1S/C27H35N5O3/c1-7-35-26(34)27(6,30)25(33)32(17(2)3)23-16-18(4)21(15-19(23)5)9-8-14-31-22-12-10-20(11-13-22)24(28)29/h10-13,15-17,31H,7,14,30H2,1-6H3,(H3,28,29). The molecule has 0 bridgehead atoms. The summed E-state index contributed by atoms with van der Waals surface area (Å²) in [6.07, 6.45) is 0. The number of aryl methyl sites for hydroxylation is 2. The van der Waals surface area contributed by atoms with Crippen LogP contribution >= 0.6 is 0 Å². The average Bonchev–Trinajstić information content (AvgIpc) is 2.79. The Kier molecular flexibility index (Phi) is 9.04. The lowest BCUT2D eigenvalue weighted by Crippen LogP contribution is -2.60. The van der Waals surface area contributed by atoms with E-state index in [1.165, 1.54) is 6.92 Å². The molecule has 186 valence electrons. The van der Waals surface area contributed by atoms with Gasteiger partial charge >= 0.3 is 5.97 Å². The number of nitrogens with two attached hydrogens (primary N) is 2. The number of carbonyl (C=O) groups is 2. The summed E-state index contributed by atoms with van der Waals surface area (Å²) in [4.78, 5) is 27.2. The molecule has 0 heterocycles. The van der Waals surface area contributed by atoms with Crippen LogP contribution in [0.3, 0.4) is 0 Å². The number of nitrogens with zero attached hydrogens (tertiary/aromatic N) is 1. The second kappa shape index (κ2) is 11.5. The zero-order valence-electron chi connectivity index (χ0n) is 21.3. The third kappa shape index (κ3) is 6.61. The zero-order chi connectivity index (χ0) is 26.3. The van der Waals surface area contributed by atoms with E-state index in [-0.39, 0.29) is 18.5 Å². The fourth-order valence-corrected chi connectivity index (χ4v) is 3.49. The first-order chi connectivity index (χ1) is 16.4. The summed E-state index contributed by atoms with van der Waals surface area (Å²) in [5.74, 6) is 5.04. The number of nitrogens with one attached hydrogen (secondary N) is 2. The highest BCUT2D eigenvalue weighted by molar-refractivity contribution is 6.14. The number of anilines is 2. The SMILES string of the molecule is CCOC(=O)C(C)(N)C(=O)N(c1cc(C)c(C#CCNc2ccc(C(=N)N)cc2)cc1C)C(C)C. The maximum absolute atomic E-state index is 13.3. The second-order valence-electron chi connectivity index (χ2n) is 8.79. The lowest BCUT2D eigenvalue weighted by molar-refractivity contribution is -0.152. The van der Waals surface area contributed by atoms with Crippen LogP contribution in [0, 0.1) is 31.1 Å². The molecule has 0 radical (unpaired) electrons. The van der Waals surface area contributed by atoms with Gasteiger partial charge in [-0.25, -0.2) is 4.79 Å². The average molecular weight is 478 g/mol.